The highest BCUT2D eigenvalue weighted by atomic mass is 35.5. The summed E-state index contributed by atoms with van der Waals surface area (Å²) in [5.41, 5.74) is 4.27. The number of aromatic nitrogens is 1. The fourth-order valence-electron chi connectivity index (χ4n) is 2.77. The second-order valence-corrected chi connectivity index (χ2v) is 9.40. The molecule has 1 heterocycles. The minimum absolute atomic E-state index is 0.0776. The Bertz CT molecular complexity index is 1170. The zero-order chi connectivity index (χ0) is 21.2. The number of nitrogens with zero attached hydrogens (tertiary/aromatic N) is 1. The summed E-state index contributed by atoms with van der Waals surface area (Å²) in [5, 5.41) is 3.39. The fourth-order valence-corrected chi connectivity index (χ4v) is 3.63. The van der Waals surface area contributed by atoms with Crippen LogP contribution in [0.2, 0.25) is 5.02 Å². The topological polar surface area (TPSA) is 76.1 Å². The van der Waals surface area contributed by atoms with Crippen LogP contribution in [-0.2, 0) is 16.4 Å². The van der Waals surface area contributed by atoms with Crippen molar-refractivity contribution >= 4 is 27.3 Å². The van der Waals surface area contributed by atoms with E-state index in [1.807, 2.05) is 38.1 Å². The minimum Gasteiger partial charge on any atom is -0.348 e. The van der Waals surface area contributed by atoms with Gasteiger partial charge in [0.1, 0.15) is 0 Å². The Morgan fingerprint density at radius 3 is 2.41 bits per heavy atom. The Kier molecular flexibility index (Phi) is 6.05. The summed E-state index contributed by atoms with van der Waals surface area (Å²) in [6, 6.07) is 13.8. The summed E-state index contributed by atoms with van der Waals surface area (Å²) in [7, 11) is -3.50. The van der Waals surface area contributed by atoms with Crippen molar-refractivity contribution in [3.63, 3.8) is 0 Å². The number of amides is 1. The Balaban J connectivity index is 1.95. The van der Waals surface area contributed by atoms with Crippen LogP contribution in [0.15, 0.2) is 59.6 Å². The lowest BCUT2D eigenvalue weighted by Gasteiger charge is -2.11. The molecule has 0 bridgehead atoms. The molecule has 0 saturated heterocycles. The van der Waals surface area contributed by atoms with Gasteiger partial charge >= 0.3 is 0 Å². The Labute approximate surface area is 175 Å². The molecular formula is C22H21ClN2O3S. The summed E-state index contributed by atoms with van der Waals surface area (Å²) >= 11 is 6.22. The SMILES string of the molecule is Cc1ccc(CNC(=O)c2cc(-c3ccc(C)c(Cl)c3)cc(S(C)(=O)=O)c2)cn1. The van der Waals surface area contributed by atoms with Crippen LogP contribution >= 0.6 is 11.6 Å². The van der Waals surface area contributed by atoms with Gasteiger partial charge in [-0.15, -0.1) is 0 Å². The molecule has 0 aliphatic rings. The second-order valence-electron chi connectivity index (χ2n) is 6.97. The number of hydrogen-bond acceptors (Lipinski definition) is 4. The number of halogens is 1. The highest BCUT2D eigenvalue weighted by Crippen LogP contribution is 2.28. The van der Waals surface area contributed by atoms with Crippen LogP contribution in [0.4, 0.5) is 0 Å². The fraction of sp³-hybridized carbons (Fsp3) is 0.182. The number of carbonyl (C=O) groups excluding carboxylic acids is 1. The summed E-state index contributed by atoms with van der Waals surface area (Å²) in [5.74, 6) is -0.365. The molecule has 29 heavy (non-hydrogen) atoms. The van der Waals surface area contributed by atoms with Gasteiger partial charge < -0.3 is 5.32 Å². The summed E-state index contributed by atoms with van der Waals surface area (Å²) in [6.45, 7) is 4.07. The summed E-state index contributed by atoms with van der Waals surface area (Å²) in [4.78, 5) is 17.0. The Morgan fingerprint density at radius 2 is 1.79 bits per heavy atom. The van der Waals surface area contributed by atoms with E-state index in [4.69, 9.17) is 11.6 Å². The van der Waals surface area contributed by atoms with Crippen molar-refractivity contribution in [3.05, 3.63) is 82.1 Å². The molecule has 2 aromatic carbocycles. The average molecular weight is 429 g/mol. The molecule has 0 radical (unpaired) electrons. The van der Waals surface area contributed by atoms with Gasteiger partial charge in [-0.3, -0.25) is 9.78 Å². The monoisotopic (exact) mass is 428 g/mol. The van der Waals surface area contributed by atoms with Crippen LogP contribution < -0.4 is 5.32 Å². The first-order valence-electron chi connectivity index (χ1n) is 8.95. The largest absolute Gasteiger partial charge is 0.348 e. The molecule has 0 aliphatic heterocycles. The van der Waals surface area contributed by atoms with Crippen LogP contribution in [0.25, 0.3) is 11.1 Å². The zero-order valence-corrected chi connectivity index (χ0v) is 17.9. The van der Waals surface area contributed by atoms with Gasteiger partial charge in [0.15, 0.2) is 9.84 Å². The van der Waals surface area contributed by atoms with Gasteiger partial charge in [-0.2, -0.15) is 0 Å². The second kappa shape index (κ2) is 8.35. The van der Waals surface area contributed by atoms with Crippen molar-refractivity contribution in [2.24, 2.45) is 0 Å². The number of pyridine rings is 1. The van der Waals surface area contributed by atoms with Crippen LogP contribution in [0.5, 0.6) is 0 Å². The third kappa shape index (κ3) is 5.22. The lowest BCUT2D eigenvalue weighted by Crippen LogP contribution is -2.23. The standard InChI is InChI=1S/C22H21ClN2O3S/c1-14-4-7-17(11-21(14)23)18-8-19(10-20(9-18)29(3,27)28)22(26)25-13-16-6-5-15(2)24-12-16/h4-12H,13H2,1-3H3,(H,25,26). The molecule has 0 aliphatic carbocycles. The number of hydrogen-bond donors (Lipinski definition) is 1. The van der Waals surface area contributed by atoms with E-state index in [0.29, 0.717) is 17.1 Å². The van der Waals surface area contributed by atoms with E-state index in [1.54, 1.807) is 24.4 Å². The number of nitrogens with one attached hydrogen (secondary N) is 1. The Morgan fingerprint density at radius 1 is 1.03 bits per heavy atom. The number of carbonyl (C=O) groups is 1. The van der Waals surface area contributed by atoms with E-state index < -0.39 is 9.84 Å². The number of aryl methyl sites for hydroxylation is 2. The molecule has 0 unspecified atom stereocenters. The molecule has 0 fully saturated rings. The van der Waals surface area contributed by atoms with Gasteiger partial charge in [0.2, 0.25) is 0 Å². The molecule has 0 spiro atoms. The minimum atomic E-state index is -3.50. The van der Waals surface area contributed by atoms with Crippen LogP contribution in [0.3, 0.4) is 0 Å². The van der Waals surface area contributed by atoms with Crippen molar-refractivity contribution in [1.29, 1.82) is 0 Å². The van der Waals surface area contributed by atoms with E-state index in [9.17, 15) is 13.2 Å². The average Bonchev–Trinajstić information content (AvgIpc) is 2.68. The van der Waals surface area contributed by atoms with E-state index in [-0.39, 0.29) is 16.4 Å². The van der Waals surface area contributed by atoms with Gasteiger partial charge in [0.05, 0.1) is 4.90 Å². The van der Waals surface area contributed by atoms with Gasteiger partial charge in [0.25, 0.3) is 5.91 Å². The Hall–Kier alpha value is -2.70. The molecule has 7 heteroatoms. The number of benzene rings is 2. The van der Waals surface area contributed by atoms with Crippen molar-refractivity contribution in [1.82, 2.24) is 10.3 Å². The van der Waals surface area contributed by atoms with Crippen LogP contribution in [0.1, 0.15) is 27.2 Å². The molecule has 5 nitrogen and oxygen atoms in total. The number of rotatable bonds is 5. The van der Waals surface area contributed by atoms with Crippen molar-refractivity contribution < 1.29 is 13.2 Å². The molecule has 0 atom stereocenters. The highest BCUT2D eigenvalue weighted by molar-refractivity contribution is 7.90. The van der Waals surface area contributed by atoms with Gasteiger partial charge in [-0.05, 0) is 66.4 Å². The molecule has 0 saturated carbocycles. The zero-order valence-electron chi connectivity index (χ0n) is 16.4. The summed E-state index contributed by atoms with van der Waals surface area (Å²) < 4.78 is 24.3. The maximum Gasteiger partial charge on any atom is 0.251 e. The predicted molar refractivity (Wildman–Crippen MR) is 115 cm³/mol. The van der Waals surface area contributed by atoms with Gasteiger partial charge in [0, 0.05) is 35.3 Å². The highest BCUT2D eigenvalue weighted by Gasteiger charge is 2.15. The van der Waals surface area contributed by atoms with Gasteiger partial charge in [-0.1, -0.05) is 29.8 Å². The predicted octanol–water partition coefficient (Wildman–Crippen LogP) is 4.35. The molecule has 1 aromatic heterocycles. The lowest BCUT2D eigenvalue weighted by atomic mass is 10.0. The van der Waals surface area contributed by atoms with E-state index >= 15 is 0 Å². The van der Waals surface area contributed by atoms with E-state index in [1.165, 1.54) is 6.07 Å². The first-order chi connectivity index (χ1) is 13.6. The third-order valence-corrected chi connectivity index (χ3v) is 6.03. The normalized spacial score (nSPS) is 11.3. The lowest BCUT2D eigenvalue weighted by molar-refractivity contribution is 0.0950. The van der Waals surface area contributed by atoms with Crippen LogP contribution in [0, 0.1) is 13.8 Å². The van der Waals surface area contributed by atoms with Crippen molar-refractivity contribution in [2.75, 3.05) is 6.26 Å². The quantitative estimate of drug-likeness (QED) is 0.655. The molecule has 1 N–H and O–H groups in total. The van der Waals surface area contributed by atoms with Crippen molar-refractivity contribution in [3.8, 4) is 11.1 Å². The van der Waals surface area contributed by atoms with E-state index in [0.717, 1.165) is 28.6 Å². The van der Waals surface area contributed by atoms with E-state index in [2.05, 4.69) is 10.3 Å². The maximum atomic E-state index is 12.7. The molecular weight excluding hydrogens is 408 g/mol. The molecule has 150 valence electrons. The summed E-state index contributed by atoms with van der Waals surface area (Å²) in [6.07, 6.45) is 2.82. The molecule has 3 rings (SSSR count). The van der Waals surface area contributed by atoms with Crippen LogP contribution in [-0.4, -0.2) is 25.6 Å². The third-order valence-electron chi connectivity index (χ3n) is 4.53. The van der Waals surface area contributed by atoms with Gasteiger partial charge in [-0.25, -0.2) is 8.42 Å². The first kappa shape index (κ1) is 21.0. The molecule has 1 amide bonds. The first-order valence-corrected chi connectivity index (χ1v) is 11.2. The molecule has 3 aromatic rings. The maximum absolute atomic E-state index is 12.7. The number of sulfone groups is 1. The smallest absolute Gasteiger partial charge is 0.251 e. The van der Waals surface area contributed by atoms with Crippen molar-refractivity contribution in [2.45, 2.75) is 25.3 Å².